The largest absolute Gasteiger partial charge is 0.548 e. The van der Waals surface area contributed by atoms with Gasteiger partial charge in [0.05, 0.1) is 19.1 Å². The van der Waals surface area contributed by atoms with E-state index >= 15 is 0 Å². The van der Waals surface area contributed by atoms with Crippen molar-refractivity contribution in [2.45, 2.75) is 26.3 Å². The van der Waals surface area contributed by atoms with Gasteiger partial charge in [-0.2, -0.15) is 0 Å². The molecule has 1 atom stereocenters. The Hall–Kier alpha value is -2.24. The minimum Gasteiger partial charge on any atom is -0.548 e. The van der Waals surface area contributed by atoms with Crippen LogP contribution in [0.2, 0.25) is 0 Å². The molecular weight excluding hydrogens is 260 g/mol. The number of amides is 2. The van der Waals surface area contributed by atoms with Gasteiger partial charge in [-0.05, 0) is 36.6 Å². The van der Waals surface area contributed by atoms with E-state index in [0.717, 1.165) is 0 Å². The number of carboxylic acid groups (broad SMARTS) is 1. The molecule has 0 aliphatic carbocycles. The molecule has 0 aliphatic rings. The van der Waals surface area contributed by atoms with E-state index in [1.165, 1.54) is 0 Å². The molecule has 20 heavy (non-hydrogen) atoms. The summed E-state index contributed by atoms with van der Waals surface area (Å²) in [4.78, 5) is 22.7. The lowest BCUT2D eigenvalue weighted by Gasteiger charge is -2.21. The smallest absolute Gasteiger partial charge is 0.319 e. The molecule has 2 amide bonds. The van der Waals surface area contributed by atoms with Crippen LogP contribution in [0.1, 0.15) is 20.3 Å². The van der Waals surface area contributed by atoms with E-state index in [0.29, 0.717) is 17.9 Å². The van der Waals surface area contributed by atoms with Gasteiger partial charge in [-0.15, -0.1) is 0 Å². The zero-order chi connectivity index (χ0) is 15.1. The molecule has 1 aromatic rings. The second-order valence-corrected chi connectivity index (χ2v) is 4.83. The lowest BCUT2D eigenvalue weighted by atomic mass is 10.0. The van der Waals surface area contributed by atoms with Gasteiger partial charge in [0.2, 0.25) is 0 Å². The van der Waals surface area contributed by atoms with E-state index in [9.17, 15) is 14.7 Å². The number of benzene rings is 1. The molecule has 0 unspecified atom stereocenters. The highest BCUT2D eigenvalue weighted by Crippen LogP contribution is 2.15. The number of hydrogen-bond donors (Lipinski definition) is 2. The Morgan fingerprint density at radius 3 is 2.30 bits per heavy atom. The van der Waals surface area contributed by atoms with E-state index in [1.807, 2.05) is 13.8 Å². The second kappa shape index (κ2) is 7.37. The zero-order valence-electron chi connectivity index (χ0n) is 11.8. The summed E-state index contributed by atoms with van der Waals surface area (Å²) in [6, 6.07) is 5.13. The first-order chi connectivity index (χ1) is 9.42. The second-order valence-electron chi connectivity index (χ2n) is 4.83. The van der Waals surface area contributed by atoms with Crippen LogP contribution in [-0.2, 0) is 4.79 Å². The molecule has 6 nitrogen and oxygen atoms in total. The summed E-state index contributed by atoms with van der Waals surface area (Å²) in [6.07, 6.45) is 0.318. The van der Waals surface area contributed by atoms with Gasteiger partial charge in [-0.1, -0.05) is 13.8 Å². The molecule has 1 rings (SSSR count). The molecule has 0 saturated heterocycles. The summed E-state index contributed by atoms with van der Waals surface area (Å²) < 4.78 is 5.00. The number of carboxylic acids is 1. The standard InChI is InChI=1S/C14H20N2O4/c1-9(2)8-12(13(17)18)16-14(19)15-10-4-6-11(20-3)7-5-10/h4-7,9,12H,8H2,1-3H3,(H,17,18)(H2,15,16,19)/p-1/t12-/m0/s1. The number of anilines is 1. The lowest BCUT2D eigenvalue weighted by Crippen LogP contribution is -2.49. The highest BCUT2D eigenvalue weighted by Gasteiger charge is 2.15. The Balaban J connectivity index is 2.58. The van der Waals surface area contributed by atoms with Crippen molar-refractivity contribution in [3.05, 3.63) is 24.3 Å². The van der Waals surface area contributed by atoms with Crippen LogP contribution in [0.3, 0.4) is 0 Å². The van der Waals surface area contributed by atoms with E-state index in [1.54, 1.807) is 31.4 Å². The molecule has 2 N–H and O–H groups in total. The van der Waals surface area contributed by atoms with E-state index in [4.69, 9.17) is 4.74 Å². The molecule has 6 heteroatoms. The van der Waals surface area contributed by atoms with Crippen LogP contribution in [0.4, 0.5) is 10.5 Å². The van der Waals surface area contributed by atoms with Crippen LogP contribution >= 0.6 is 0 Å². The maximum atomic E-state index is 11.7. The van der Waals surface area contributed by atoms with Crippen molar-refractivity contribution in [3.8, 4) is 5.75 Å². The van der Waals surface area contributed by atoms with Crippen molar-refractivity contribution >= 4 is 17.7 Å². The molecule has 0 aromatic heterocycles. The van der Waals surface area contributed by atoms with Gasteiger partial charge in [0.25, 0.3) is 0 Å². The normalized spacial score (nSPS) is 11.8. The van der Waals surface area contributed by atoms with Crippen molar-refractivity contribution in [2.24, 2.45) is 5.92 Å². The summed E-state index contributed by atoms with van der Waals surface area (Å²) >= 11 is 0. The van der Waals surface area contributed by atoms with Crippen LogP contribution in [0.5, 0.6) is 5.75 Å². The SMILES string of the molecule is COc1ccc(NC(=O)N[C@@H](CC(C)C)C(=O)[O-])cc1. The van der Waals surface area contributed by atoms with E-state index < -0.39 is 18.0 Å². The number of rotatable bonds is 6. The zero-order valence-corrected chi connectivity index (χ0v) is 11.8. The van der Waals surface area contributed by atoms with Crippen LogP contribution < -0.4 is 20.5 Å². The Morgan fingerprint density at radius 1 is 1.25 bits per heavy atom. The number of ether oxygens (including phenoxy) is 1. The van der Waals surface area contributed by atoms with Crippen LogP contribution in [0.15, 0.2) is 24.3 Å². The molecule has 0 bridgehead atoms. The molecule has 1 aromatic carbocycles. The number of urea groups is 1. The Morgan fingerprint density at radius 2 is 1.85 bits per heavy atom. The van der Waals surface area contributed by atoms with Crippen LogP contribution in [-0.4, -0.2) is 25.2 Å². The molecule has 0 radical (unpaired) electrons. The van der Waals surface area contributed by atoms with E-state index in [2.05, 4.69) is 10.6 Å². The minimum atomic E-state index is -1.29. The van der Waals surface area contributed by atoms with Gasteiger partial charge < -0.3 is 25.3 Å². The maximum absolute atomic E-state index is 11.7. The summed E-state index contributed by atoms with van der Waals surface area (Å²) in [5.41, 5.74) is 0.546. The van der Waals surface area contributed by atoms with Crippen molar-refractivity contribution in [3.63, 3.8) is 0 Å². The predicted molar refractivity (Wildman–Crippen MR) is 73.4 cm³/mol. The third kappa shape index (κ3) is 5.17. The van der Waals surface area contributed by atoms with Gasteiger partial charge in [0.1, 0.15) is 5.75 Å². The number of nitrogens with one attached hydrogen (secondary N) is 2. The van der Waals surface area contributed by atoms with Crippen LogP contribution in [0, 0.1) is 5.92 Å². The molecule has 0 saturated carbocycles. The first-order valence-corrected chi connectivity index (χ1v) is 6.34. The average molecular weight is 279 g/mol. The Bertz CT molecular complexity index is 457. The molecule has 110 valence electrons. The molecule has 0 fully saturated rings. The average Bonchev–Trinajstić information content (AvgIpc) is 2.38. The first-order valence-electron chi connectivity index (χ1n) is 6.34. The first kappa shape index (κ1) is 15.8. The van der Waals surface area contributed by atoms with Gasteiger partial charge in [-0.25, -0.2) is 4.79 Å². The lowest BCUT2D eigenvalue weighted by molar-refractivity contribution is -0.308. The topological polar surface area (TPSA) is 90.5 Å². The van der Waals surface area contributed by atoms with Gasteiger partial charge in [0.15, 0.2) is 0 Å². The maximum Gasteiger partial charge on any atom is 0.319 e. The summed E-state index contributed by atoms with van der Waals surface area (Å²) in [7, 11) is 1.55. The minimum absolute atomic E-state index is 0.138. The molecular formula is C14H19N2O4-. The number of methoxy groups -OCH3 is 1. The fourth-order valence-corrected chi connectivity index (χ4v) is 1.69. The van der Waals surface area contributed by atoms with Gasteiger partial charge >= 0.3 is 6.03 Å². The number of aliphatic carboxylic acids is 1. The monoisotopic (exact) mass is 279 g/mol. The van der Waals surface area contributed by atoms with Crippen molar-refractivity contribution < 1.29 is 19.4 Å². The molecule has 0 heterocycles. The van der Waals surface area contributed by atoms with Crippen molar-refractivity contribution in [1.29, 1.82) is 0 Å². The van der Waals surface area contributed by atoms with Gasteiger partial charge in [0, 0.05) is 5.69 Å². The summed E-state index contributed by atoms with van der Waals surface area (Å²) in [5.74, 6) is -0.480. The summed E-state index contributed by atoms with van der Waals surface area (Å²) in [5, 5.41) is 15.9. The molecule has 0 spiro atoms. The Labute approximate surface area is 118 Å². The predicted octanol–water partition coefficient (Wildman–Crippen LogP) is 0.981. The van der Waals surface area contributed by atoms with Crippen LogP contribution in [0.25, 0.3) is 0 Å². The van der Waals surface area contributed by atoms with Crippen molar-refractivity contribution in [2.75, 3.05) is 12.4 Å². The fourth-order valence-electron chi connectivity index (χ4n) is 1.69. The third-order valence-electron chi connectivity index (χ3n) is 2.64. The van der Waals surface area contributed by atoms with E-state index in [-0.39, 0.29) is 5.92 Å². The quantitative estimate of drug-likeness (QED) is 0.812. The number of hydrogen-bond acceptors (Lipinski definition) is 4. The summed E-state index contributed by atoms with van der Waals surface area (Å²) in [6.45, 7) is 3.75. The highest BCUT2D eigenvalue weighted by molar-refractivity contribution is 5.91. The Kier molecular flexibility index (Phi) is 5.83. The van der Waals surface area contributed by atoms with Crippen molar-refractivity contribution in [1.82, 2.24) is 5.32 Å². The number of carbonyl (C=O) groups is 2. The fraction of sp³-hybridized carbons (Fsp3) is 0.429. The molecule has 0 aliphatic heterocycles. The number of carbonyl (C=O) groups excluding carboxylic acids is 2. The van der Waals surface area contributed by atoms with Gasteiger partial charge in [-0.3, -0.25) is 0 Å². The highest BCUT2D eigenvalue weighted by atomic mass is 16.5. The third-order valence-corrected chi connectivity index (χ3v) is 2.64.